The Hall–Kier alpha value is -1.95. The molecule has 1 saturated heterocycles. The molecule has 3 rings (SSSR count). The molecule has 6 heteroatoms. The summed E-state index contributed by atoms with van der Waals surface area (Å²) in [5, 5.41) is 2.92. The maximum atomic E-state index is 12.6. The van der Waals surface area contributed by atoms with Gasteiger partial charge in [-0.3, -0.25) is 14.0 Å². The predicted molar refractivity (Wildman–Crippen MR) is 91.6 cm³/mol. The molecule has 1 unspecified atom stereocenters. The van der Waals surface area contributed by atoms with E-state index in [0.717, 1.165) is 11.1 Å². The van der Waals surface area contributed by atoms with Crippen LogP contribution in [0.3, 0.4) is 0 Å². The van der Waals surface area contributed by atoms with Crippen LogP contribution in [0.15, 0.2) is 24.3 Å². The van der Waals surface area contributed by atoms with Gasteiger partial charge in [0.05, 0.1) is 18.7 Å². The zero-order chi connectivity index (χ0) is 18.0. The zero-order valence-corrected chi connectivity index (χ0v) is 14.8. The minimum Gasteiger partial charge on any atom is -0.352 e. The quantitative estimate of drug-likeness (QED) is 0.909. The van der Waals surface area contributed by atoms with Gasteiger partial charge in [-0.25, -0.2) is 0 Å². The molecule has 0 aromatic heterocycles. The van der Waals surface area contributed by atoms with Gasteiger partial charge in [-0.1, -0.05) is 24.3 Å². The molecule has 2 amide bonds. The van der Waals surface area contributed by atoms with E-state index in [4.69, 9.17) is 4.74 Å². The standard InChI is InChI=1S/C19H25FN2O3/c1-13(2)21-18(24)17-14-5-3-4-6-15(14)19(25-17)8-11-22(12-9-19)16(23)7-10-20/h3-6,13,17H,7-12H2,1-2H3,(H,21,24). The summed E-state index contributed by atoms with van der Waals surface area (Å²) in [7, 11) is 0. The third kappa shape index (κ3) is 3.40. The molecule has 25 heavy (non-hydrogen) atoms. The number of benzene rings is 1. The highest BCUT2D eigenvalue weighted by Crippen LogP contribution is 2.49. The number of carbonyl (C=O) groups excluding carboxylic acids is 2. The molecule has 1 fully saturated rings. The Labute approximate surface area is 147 Å². The molecule has 0 bridgehead atoms. The number of hydrogen-bond donors (Lipinski definition) is 1. The molecule has 1 spiro atoms. The van der Waals surface area contributed by atoms with Crippen molar-refractivity contribution in [3.8, 4) is 0 Å². The number of ether oxygens (including phenoxy) is 1. The monoisotopic (exact) mass is 348 g/mol. The number of alkyl halides is 1. The number of likely N-dealkylation sites (tertiary alicyclic amines) is 1. The van der Waals surface area contributed by atoms with Gasteiger partial charge in [-0.05, 0) is 37.8 Å². The second-order valence-corrected chi connectivity index (χ2v) is 7.06. The van der Waals surface area contributed by atoms with Gasteiger partial charge in [0, 0.05) is 19.1 Å². The van der Waals surface area contributed by atoms with Gasteiger partial charge in [0.2, 0.25) is 5.91 Å². The fourth-order valence-corrected chi connectivity index (χ4v) is 3.79. The van der Waals surface area contributed by atoms with Crippen LogP contribution in [-0.2, 0) is 19.9 Å². The highest BCUT2D eigenvalue weighted by molar-refractivity contribution is 5.84. The number of nitrogens with zero attached hydrogens (tertiary/aromatic N) is 1. The van der Waals surface area contributed by atoms with Crippen LogP contribution in [0.2, 0.25) is 0 Å². The van der Waals surface area contributed by atoms with Crippen molar-refractivity contribution in [3.63, 3.8) is 0 Å². The minimum atomic E-state index is -0.628. The summed E-state index contributed by atoms with van der Waals surface area (Å²) in [6.45, 7) is 4.25. The molecular formula is C19H25FN2O3. The summed E-state index contributed by atoms with van der Waals surface area (Å²) in [4.78, 5) is 26.2. The summed E-state index contributed by atoms with van der Waals surface area (Å²) in [5.74, 6) is -0.284. The Balaban J connectivity index is 1.80. The van der Waals surface area contributed by atoms with Gasteiger partial charge in [0.1, 0.15) is 0 Å². The van der Waals surface area contributed by atoms with Crippen molar-refractivity contribution in [1.29, 1.82) is 0 Å². The van der Waals surface area contributed by atoms with Gasteiger partial charge in [0.15, 0.2) is 6.10 Å². The predicted octanol–water partition coefficient (Wildman–Crippen LogP) is 2.46. The maximum absolute atomic E-state index is 12.6. The minimum absolute atomic E-state index is 0.0416. The van der Waals surface area contributed by atoms with E-state index < -0.39 is 18.4 Å². The summed E-state index contributed by atoms with van der Waals surface area (Å²) < 4.78 is 18.7. The van der Waals surface area contributed by atoms with Crippen molar-refractivity contribution in [2.45, 2.75) is 50.9 Å². The number of fused-ring (bicyclic) bond motifs is 2. The third-order valence-corrected chi connectivity index (χ3v) is 4.98. The molecule has 1 aromatic carbocycles. The molecule has 2 aliphatic heterocycles. The fourth-order valence-electron chi connectivity index (χ4n) is 3.79. The second kappa shape index (κ2) is 7.12. The van der Waals surface area contributed by atoms with E-state index in [1.807, 2.05) is 38.1 Å². The third-order valence-electron chi connectivity index (χ3n) is 4.98. The van der Waals surface area contributed by atoms with Gasteiger partial charge in [0.25, 0.3) is 5.91 Å². The molecule has 136 valence electrons. The van der Waals surface area contributed by atoms with Crippen LogP contribution in [0.25, 0.3) is 0 Å². The molecule has 2 heterocycles. The summed E-state index contributed by atoms with van der Waals surface area (Å²) in [5.41, 5.74) is 1.41. The Morgan fingerprint density at radius 2 is 2.00 bits per heavy atom. The largest absolute Gasteiger partial charge is 0.352 e. The molecule has 0 aliphatic carbocycles. The molecule has 1 atom stereocenters. The van der Waals surface area contributed by atoms with Gasteiger partial charge in [-0.15, -0.1) is 0 Å². The molecule has 5 nitrogen and oxygen atoms in total. The first-order valence-electron chi connectivity index (χ1n) is 8.88. The molecule has 0 radical (unpaired) electrons. The lowest BCUT2D eigenvalue weighted by Gasteiger charge is -2.39. The Morgan fingerprint density at radius 1 is 1.32 bits per heavy atom. The molecule has 1 aromatic rings. The van der Waals surface area contributed by atoms with Crippen molar-refractivity contribution in [2.24, 2.45) is 0 Å². The van der Waals surface area contributed by atoms with E-state index in [2.05, 4.69) is 5.32 Å². The van der Waals surface area contributed by atoms with Crippen molar-refractivity contribution in [2.75, 3.05) is 19.8 Å². The van der Waals surface area contributed by atoms with Crippen LogP contribution in [0.5, 0.6) is 0 Å². The van der Waals surface area contributed by atoms with Crippen molar-refractivity contribution in [3.05, 3.63) is 35.4 Å². The zero-order valence-electron chi connectivity index (χ0n) is 14.8. The van der Waals surface area contributed by atoms with Crippen molar-refractivity contribution in [1.82, 2.24) is 10.2 Å². The van der Waals surface area contributed by atoms with Crippen LogP contribution in [0.1, 0.15) is 50.3 Å². The highest BCUT2D eigenvalue weighted by atomic mass is 19.1. The van der Waals surface area contributed by atoms with Crippen molar-refractivity contribution >= 4 is 11.8 Å². The second-order valence-electron chi connectivity index (χ2n) is 7.06. The van der Waals surface area contributed by atoms with E-state index in [1.54, 1.807) is 4.90 Å². The summed E-state index contributed by atoms with van der Waals surface area (Å²) in [6.07, 6.45) is 0.553. The normalized spacial score (nSPS) is 21.4. The van der Waals surface area contributed by atoms with E-state index in [0.29, 0.717) is 25.9 Å². The van der Waals surface area contributed by atoms with Crippen molar-refractivity contribution < 1.29 is 18.7 Å². The van der Waals surface area contributed by atoms with E-state index >= 15 is 0 Å². The van der Waals surface area contributed by atoms with Crippen LogP contribution in [0.4, 0.5) is 4.39 Å². The Kier molecular flexibility index (Phi) is 5.08. The maximum Gasteiger partial charge on any atom is 0.254 e. The fraction of sp³-hybridized carbons (Fsp3) is 0.579. The first-order chi connectivity index (χ1) is 12.0. The number of carbonyl (C=O) groups is 2. The lowest BCUT2D eigenvalue weighted by Crippen LogP contribution is -2.46. The summed E-state index contributed by atoms with van der Waals surface area (Å²) >= 11 is 0. The SMILES string of the molecule is CC(C)NC(=O)C1OC2(CCN(C(=O)CCF)CC2)c2ccccc21. The van der Waals surface area contributed by atoms with E-state index in [1.165, 1.54) is 0 Å². The molecule has 1 N–H and O–H groups in total. The summed E-state index contributed by atoms with van der Waals surface area (Å²) in [6, 6.07) is 7.86. The number of hydrogen-bond acceptors (Lipinski definition) is 3. The lowest BCUT2D eigenvalue weighted by molar-refractivity contribution is -0.155. The lowest BCUT2D eigenvalue weighted by atomic mass is 9.83. The van der Waals surface area contributed by atoms with Crippen LogP contribution < -0.4 is 5.32 Å². The van der Waals surface area contributed by atoms with E-state index in [-0.39, 0.29) is 24.3 Å². The van der Waals surface area contributed by atoms with Gasteiger partial charge >= 0.3 is 0 Å². The van der Waals surface area contributed by atoms with Crippen LogP contribution in [0, 0.1) is 0 Å². The topological polar surface area (TPSA) is 58.6 Å². The number of piperidine rings is 1. The smallest absolute Gasteiger partial charge is 0.254 e. The number of halogens is 1. The number of nitrogens with one attached hydrogen (secondary N) is 1. The molecule has 0 saturated carbocycles. The van der Waals surface area contributed by atoms with Gasteiger partial charge < -0.3 is 15.0 Å². The average Bonchev–Trinajstić information content (AvgIpc) is 2.90. The first-order valence-corrected chi connectivity index (χ1v) is 8.88. The Morgan fingerprint density at radius 3 is 2.64 bits per heavy atom. The number of rotatable bonds is 4. The van der Waals surface area contributed by atoms with Gasteiger partial charge in [-0.2, -0.15) is 0 Å². The highest BCUT2D eigenvalue weighted by Gasteiger charge is 2.49. The van der Waals surface area contributed by atoms with Crippen LogP contribution in [-0.4, -0.2) is 42.5 Å². The number of amides is 2. The average molecular weight is 348 g/mol. The van der Waals surface area contributed by atoms with Crippen LogP contribution >= 0.6 is 0 Å². The first kappa shape index (κ1) is 17.9. The molecule has 2 aliphatic rings. The molecular weight excluding hydrogens is 323 g/mol. The Bertz CT molecular complexity index is 654. The van der Waals surface area contributed by atoms with E-state index in [9.17, 15) is 14.0 Å².